The van der Waals surface area contributed by atoms with E-state index in [1.807, 2.05) is 38.1 Å². The second-order valence-corrected chi connectivity index (χ2v) is 5.60. The summed E-state index contributed by atoms with van der Waals surface area (Å²) in [5.41, 5.74) is 2.72. The Morgan fingerprint density at radius 2 is 2.04 bits per heavy atom. The molecular formula is C18H20N2O3. The lowest BCUT2D eigenvalue weighted by Gasteiger charge is -2.15. The molecule has 1 N–H and O–H groups in total. The predicted octanol–water partition coefficient (Wildman–Crippen LogP) is 3.16. The van der Waals surface area contributed by atoms with Crippen molar-refractivity contribution in [2.24, 2.45) is 0 Å². The molecule has 1 heterocycles. The van der Waals surface area contributed by atoms with Crippen molar-refractivity contribution in [1.82, 2.24) is 4.98 Å². The third-order valence-corrected chi connectivity index (χ3v) is 3.31. The van der Waals surface area contributed by atoms with E-state index in [0.29, 0.717) is 17.9 Å². The highest BCUT2D eigenvalue weighted by molar-refractivity contribution is 5.71. The highest BCUT2D eigenvalue weighted by Crippen LogP contribution is 2.29. The lowest BCUT2D eigenvalue weighted by Crippen LogP contribution is -2.13. The van der Waals surface area contributed by atoms with E-state index in [2.05, 4.69) is 4.98 Å². The summed E-state index contributed by atoms with van der Waals surface area (Å²) in [5, 5.41) is 9.28. The molecule has 1 aromatic carbocycles. The Hall–Kier alpha value is -2.58. The summed E-state index contributed by atoms with van der Waals surface area (Å²) in [6.07, 6.45) is 0.0490. The number of rotatable bonds is 5. The Kier molecular flexibility index (Phi) is 5.20. The molecule has 5 nitrogen and oxygen atoms in total. The van der Waals surface area contributed by atoms with Crippen molar-refractivity contribution in [3.05, 3.63) is 51.4 Å². The SMILES string of the molecule is COCc1cc(-c2cc(C)[nH]c(=O)c2C#N)ccc1OC(C)C. The molecule has 0 atom stereocenters. The third-order valence-electron chi connectivity index (χ3n) is 3.31. The number of aromatic nitrogens is 1. The number of nitrogens with zero attached hydrogens (tertiary/aromatic N) is 1. The van der Waals surface area contributed by atoms with Crippen molar-refractivity contribution in [2.45, 2.75) is 33.5 Å². The molecular weight excluding hydrogens is 292 g/mol. The van der Waals surface area contributed by atoms with Crippen molar-refractivity contribution in [1.29, 1.82) is 5.26 Å². The maximum atomic E-state index is 12.0. The van der Waals surface area contributed by atoms with Gasteiger partial charge in [0.1, 0.15) is 17.4 Å². The summed E-state index contributed by atoms with van der Waals surface area (Å²) in [4.78, 5) is 14.6. The van der Waals surface area contributed by atoms with E-state index in [1.165, 1.54) is 0 Å². The van der Waals surface area contributed by atoms with E-state index < -0.39 is 0 Å². The number of aromatic amines is 1. The molecule has 2 rings (SSSR count). The minimum atomic E-state index is -0.377. The number of hydrogen-bond acceptors (Lipinski definition) is 4. The Balaban J connectivity index is 2.59. The number of hydrogen-bond donors (Lipinski definition) is 1. The van der Waals surface area contributed by atoms with Crippen LogP contribution in [0.3, 0.4) is 0 Å². The van der Waals surface area contributed by atoms with E-state index in [9.17, 15) is 10.1 Å². The van der Waals surface area contributed by atoms with Gasteiger partial charge in [-0.05, 0) is 44.5 Å². The number of methoxy groups -OCH3 is 1. The second-order valence-electron chi connectivity index (χ2n) is 5.60. The number of ether oxygens (including phenoxy) is 2. The molecule has 5 heteroatoms. The summed E-state index contributed by atoms with van der Waals surface area (Å²) in [5.74, 6) is 0.741. The Morgan fingerprint density at radius 3 is 2.65 bits per heavy atom. The summed E-state index contributed by atoms with van der Waals surface area (Å²) in [6, 6.07) is 9.38. The Bertz CT molecular complexity index is 801. The van der Waals surface area contributed by atoms with Gasteiger partial charge in [0.15, 0.2) is 0 Å². The smallest absolute Gasteiger partial charge is 0.266 e. The van der Waals surface area contributed by atoms with Gasteiger partial charge in [-0.2, -0.15) is 5.26 Å². The van der Waals surface area contributed by atoms with Crippen LogP contribution in [0.4, 0.5) is 0 Å². The maximum Gasteiger partial charge on any atom is 0.266 e. The third kappa shape index (κ3) is 3.79. The number of pyridine rings is 1. The molecule has 0 radical (unpaired) electrons. The van der Waals surface area contributed by atoms with E-state index in [1.54, 1.807) is 20.1 Å². The number of nitriles is 1. The van der Waals surface area contributed by atoms with Crippen LogP contribution in [0, 0.1) is 18.3 Å². The molecule has 0 bridgehead atoms. The summed E-state index contributed by atoms with van der Waals surface area (Å²) in [6.45, 7) is 6.09. The minimum Gasteiger partial charge on any atom is -0.491 e. The number of nitrogens with one attached hydrogen (secondary N) is 1. The van der Waals surface area contributed by atoms with Crippen molar-refractivity contribution >= 4 is 0 Å². The molecule has 0 saturated carbocycles. The first-order valence-electron chi connectivity index (χ1n) is 7.39. The highest BCUT2D eigenvalue weighted by atomic mass is 16.5. The van der Waals surface area contributed by atoms with Crippen LogP contribution >= 0.6 is 0 Å². The van der Waals surface area contributed by atoms with Gasteiger partial charge in [0.05, 0.1) is 12.7 Å². The molecule has 0 aliphatic rings. The van der Waals surface area contributed by atoms with Gasteiger partial charge in [-0.25, -0.2) is 0 Å². The second kappa shape index (κ2) is 7.12. The van der Waals surface area contributed by atoms with Gasteiger partial charge in [0.25, 0.3) is 5.56 Å². The standard InChI is InChI=1S/C18H20N2O3/c1-11(2)23-17-6-5-13(8-14(17)10-22-4)15-7-12(3)20-18(21)16(15)9-19/h5-8,11H,10H2,1-4H3,(H,20,21). The molecule has 2 aromatic rings. The highest BCUT2D eigenvalue weighted by Gasteiger charge is 2.13. The summed E-state index contributed by atoms with van der Waals surface area (Å²) in [7, 11) is 1.61. The summed E-state index contributed by atoms with van der Waals surface area (Å²) < 4.78 is 11.0. The van der Waals surface area contributed by atoms with Crippen molar-refractivity contribution in [2.75, 3.05) is 7.11 Å². The van der Waals surface area contributed by atoms with Crippen LogP contribution in [0.2, 0.25) is 0 Å². The zero-order chi connectivity index (χ0) is 17.0. The van der Waals surface area contributed by atoms with Crippen LogP contribution in [-0.2, 0) is 11.3 Å². The molecule has 1 aromatic heterocycles. The van der Waals surface area contributed by atoms with E-state index in [0.717, 1.165) is 16.9 Å². The molecule has 0 fully saturated rings. The molecule has 0 amide bonds. The zero-order valence-corrected chi connectivity index (χ0v) is 13.8. The number of H-pyrrole nitrogens is 1. The van der Waals surface area contributed by atoms with Crippen molar-refractivity contribution in [3.8, 4) is 22.9 Å². The van der Waals surface area contributed by atoms with E-state index in [-0.39, 0.29) is 17.2 Å². The quantitative estimate of drug-likeness (QED) is 0.920. The normalized spacial score (nSPS) is 10.6. The largest absolute Gasteiger partial charge is 0.491 e. The fourth-order valence-electron chi connectivity index (χ4n) is 2.41. The van der Waals surface area contributed by atoms with Crippen molar-refractivity contribution in [3.63, 3.8) is 0 Å². The Morgan fingerprint density at radius 1 is 1.30 bits per heavy atom. The van der Waals surface area contributed by atoms with Gasteiger partial charge in [-0.3, -0.25) is 4.79 Å². The first kappa shape index (κ1) is 16.8. The number of benzene rings is 1. The minimum absolute atomic E-state index is 0.0490. The maximum absolute atomic E-state index is 12.0. The average molecular weight is 312 g/mol. The van der Waals surface area contributed by atoms with Crippen LogP contribution in [-0.4, -0.2) is 18.2 Å². The average Bonchev–Trinajstić information content (AvgIpc) is 2.48. The van der Waals surface area contributed by atoms with Gasteiger partial charge in [-0.15, -0.1) is 0 Å². The summed E-state index contributed by atoms with van der Waals surface area (Å²) >= 11 is 0. The Labute approximate surface area is 135 Å². The van der Waals surface area contributed by atoms with E-state index >= 15 is 0 Å². The zero-order valence-electron chi connectivity index (χ0n) is 13.8. The van der Waals surface area contributed by atoms with Crippen LogP contribution in [0.15, 0.2) is 29.1 Å². The predicted molar refractivity (Wildman–Crippen MR) is 88.4 cm³/mol. The van der Waals surface area contributed by atoms with Gasteiger partial charge >= 0.3 is 0 Å². The molecule has 0 aliphatic heterocycles. The lowest BCUT2D eigenvalue weighted by molar-refractivity contribution is 0.175. The lowest BCUT2D eigenvalue weighted by atomic mass is 9.99. The first-order valence-corrected chi connectivity index (χ1v) is 7.39. The van der Waals surface area contributed by atoms with Crippen LogP contribution in [0.5, 0.6) is 5.75 Å². The fourth-order valence-corrected chi connectivity index (χ4v) is 2.41. The molecule has 0 aliphatic carbocycles. The van der Waals surface area contributed by atoms with Gasteiger partial charge in [-0.1, -0.05) is 6.07 Å². The fraction of sp³-hybridized carbons (Fsp3) is 0.333. The van der Waals surface area contributed by atoms with Crippen molar-refractivity contribution < 1.29 is 9.47 Å². The molecule has 23 heavy (non-hydrogen) atoms. The number of aryl methyl sites for hydroxylation is 1. The van der Waals surface area contributed by atoms with Gasteiger partial charge in [0.2, 0.25) is 0 Å². The molecule has 0 unspecified atom stereocenters. The molecule has 120 valence electrons. The van der Waals surface area contributed by atoms with Gasteiger partial charge in [0, 0.05) is 23.9 Å². The van der Waals surface area contributed by atoms with Crippen LogP contribution in [0.25, 0.3) is 11.1 Å². The molecule has 0 spiro atoms. The van der Waals surface area contributed by atoms with E-state index in [4.69, 9.17) is 9.47 Å². The van der Waals surface area contributed by atoms with Gasteiger partial charge < -0.3 is 14.5 Å². The van der Waals surface area contributed by atoms with Crippen LogP contribution in [0.1, 0.15) is 30.7 Å². The van der Waals surface area contributed by atoms with Crippen LogP contribution < -0.4 is 10.3 Å². The first-order chi connectivity index (χ1) is 11.0. The topological polar surface area (TPSA) is 75.1 Å². The molecule has 0 saturated heterocycles. The monoisotopic (exact) mass is 312 g/mol.